The first-order valence-corrected chi connectivity index (χ1v) is 5.79. The number of rotatable bonds is 4. The van der Waals surface area contributed by atoms with Crippen molar-refractivity contribution in [2.45, 2.75) is 37.2 Å². The minimum Gasteiger partial charge on any atom is -0.392 e. The van der Waals surface area contributed by atoms with E-state index in [1.807, 2.05) is 19.9 Å². The fourth-order valence-electron chi connectivity index (χ4n) is 1.00. The predicted octanol–water partition coefficient (Wildman–Crippen LogP) is 1.69. The summed E-state index contributed by atoms with van der Waals surface area (Å²) >= 11 is 1.55. The Morgan fingerprint density at radius 3 is 2.60 bits per heavy atom. The molecule has 0 spiro atoms. The number of thioether (sulfide) groups is 1. The van der Waals surface area contributed by atoms with E-state index in [9.17, 15) is 5.11 Å². The van der Waals surface area contributed by atoms with Gasteiger partial charge in [-0.05, 0) is 19.9 Å². The van der Waals surface area contributed by atoms with E-state index in [0.29, 0.717) is 5.95 Å². The summed E-state index contributed by atoms with van der Waals surface area (Å²) < 4.78 is 0. The first-order chi connectivity index (χ1) is 7.02. The fraction of sp³-hybridized carbons (Fsp3) is 0.600. The van der Waals surface area contributed by atoms with Gasteiger partial charge in [-0.2, -0.15) is 0 Å². The monoisotopic (exact) mass is 227 g/mol. The van der Waals surface area contributed by atoms with Crippen LogP contribution in [0.4, 0.5) is 5.95 Å². The van der Waals surface area contributed by atoms with E-state index in [2.05, 4.69) is 15.3 Å². The largest absolute Gasteiger partial charge is 0.392 e. The van der Waals surface area contributed by atoms with Gasteiger partial charge in [-0.3, -0.25) is 0 Å². The summed E-state index contributed by atoms with van der Waals surface area (Å²) in [5.41, 5.74) is 0.926. The number of hydrogen-bond donors (Lipinski definition) is 2. The zero-order valence-electron chi connectivity index (χ0n) is 9.48. The van der Waals surface area contributed by atoms with Gasteiger partial charge in [0.2, 0.25) is 5.95 Å². The number of aliphatic hydroxyl groups is 1. The first kappa shape index (κ1) is 12.3. The molecule has 4 nitrogen and oxygen atoms in total. The molecule has 0 saturated heterocycles. The van der Waals surface area contributed by atoms with Crippen molar-refractivity contribution in [2.75, 3.05) is 12.4 Å². The van der Waals surface area contributed by atoms with Crippen LogP contribution in [0.1, 0.15) is 19.5 Å². The molecule has 0 saturated carbocycles. The van der Waals surface area contributed by atoms with E-state index in [0.717, 1.165) is 10.7 Å². The Labute approximate surface area is 94.5 Å². The fourth-order valence-corrected chi connectivity index (χ4v) is 1.96. The van der Waals surface area contributed by atoms with Gasteiger partial charge < -0.3 is 10.4 Å². The highest BCUT2D eigenvalue weighted by Crippen LogP contribution is 2.24. The van der Waals surface area contributed by atoms with E-state index in [4.69, 9.17) is 0 Å². The number of aromatic nitrogens is 2. The van der Waals surface area contributed by atoms with Crippen LogP contribution >= 0.6 is 11.8 Å². The van der Waals surface area contributed by atoms with Crippen molar-refractivity contribution in [3.63, 3.8) is 0 Å². The summed E-state index contributed by atoms with van der Waals surface area (Å²) in [5, 5.41) is 13.3. The van der Waals surface area contributed by atoms with Crippen molar-refractivity contribution in [2.24, 2.45) is 0 Å². The molecule has 0 bridgehead atoms. The second-order valence-electron chi connectivity index (χ2n) is 3.48. The number of hydrogen-bond acceptors (Lipinski definition) is 5. The lowest BCUT2D eigenvalue weighted by molar-refractivity contribution is 0.196. The molecule has 0 fully saturated rings. The van der Waals surface area contributed by atoms with Crippen LogP contribution in [0.5, 0.6) is 0 Å². The van der Waals surface area contributed by atoms with Gasteiger partial charge in [0, 0.05) is 18.0 Å². The molecule has 15 heavy (non-hydrogen) atoms. The topological polar surface area (TPSA) is 58.0 Å². The van der Waals surface area contributed by atoms with Gasteiger partial charge in [0.05, 0.1) is 6.10 Å². The third kappa shape index (κ3) is 3.68. The van der Waals surface area contributed by atoms with Crippen molar-refractivity contribution in [1.29, 1.82) is 0 Å². The van der Waals surface area contributed by atoms with Gasteiger partial charge in [0.15, 0.2) is 0 Å². The lowest BCUT2D eigenvalue weighted by Crippen LogP contribution is -2.15. The highest BCUT2D eigenvalue weighted by molar-refractivity contribution is 7.99. The molecule has 1 heterocycles. The lowest BCUT2D eigenvalue weighted by atomic mass is 10.3. The summed E-state index contributed by atoms with van der Waals surface area (Å²) in [7, 11) is 1.79. The molecule has 0 aliphatic carbocycles. The van der Waals surface area contributed by atoms with Crippen molar-refractivity contribution in [3.05, 3.63) is 11.8 Å². The maximum absolute atomic E-state index is 9.40. The molecular formula is C10H17N3OS. The minimum absolute atomic E-state index is 0.129. The Morgan fingerprint density at radius 1 is 1.40 bits per heavy atom. The van der Waals surface area contributed by atoms with Gasteiger partial charge in [0.1, 0.15) is 5.03 Å². The molecule has 2 atom stereocenters. The molecule has 2 unspecified atom stereocenters. The maximum atomic E-state index is 9.40. The zero-order chi connectivity index (χ0) is 11.4. The van der Waals surface area contributed by atoms with Crippen LogP contribution in [0, 0.1) is 6.92 Å². The smallest absolute Gasteiger partial charge is 0.223 e. The van der Waals surface area contributed by atoms with Crippen LogP contribution in [0.25, 0.3) is 0 Å². The van der Waals surface area contributed by atoms with E-state index >= 15 is 0 Å². The van der Waals surface area contributed by atoms with Crippen LogP contribution in [-0.4, -0.2) is 33.5 Å². The van der Waals surface area contributed by atoms with E-state index in [1.165, 1.54) is 0 Å². The molecule has 0 radical (unpaired) electrons. The number of anilines is 1. The summed E-state index contributed by atoms with van der Waals surface area (Å²) in [4.78, 5) is 8.51. The Morgan fingerprint density at radius 2 is 2.07 bits per heavy atom. The van der Waals surface area contributed by atoms with Crippen molar-refractivity contribution in [3.8, 4) is 0 Å². The molecule has 1 aromatic rings. The van der Waals surface area contributed by atoms with Crippen LogP contribution in [0.15, 0.2) is 11.1 Å². The molecule has 0 aromatic carbocycles. The summed E-state index contributed by atoms with van der Waals surface area (Å²) in [6, 6.07) is 1.92. The third-order valence-electron chi connectivity index (χ3n) is 2.04. The Balaban J connectivity index is 2.80. The summed E-state index contributed by atoms with van der Waals surface area (Å²) in [5.74, 6) is 0.621. The number of nitrogens with zero attached hydrogens (tertiary/aromatic N) is 2. The van der Waals surface area contributed by atoms with Crippen molar-refractivity contribution in [1.82, 2.24) is 9.97 Å². The standard InChI is InChI=1S/C10H17N3OS/c1-6-5-9(13-10(11-4)12-6)15-8(3)7(2)14/h5,7-8,14H,1-4H3,(H,11,12,13). The molecule has 5 heteroatoms. The molecule has 0 aliphatic heterocycles. The van der Waals surface area contributed by atoms with Crippen LogP contribution in [0.2, 0.25) is 0 Å². The van der Waals surface area contributed by atoms with Gasteiger partial charge >= 0.3 is 0 Å². The Bertz CT molecular complexity index is 330. The van der Waals surface area contributed by atoms with Crippen LogP contribution < -0.4 is 5.32 Å². The average Bonchev–Trinajstić information content (AvgIpc) is 2.16. The molecule has 1 aromatic heterocycles. The SMILES string of the molecule is CNc1nc(C)cc(SC(C)C(C)O)n1. The van der Waals surface area contributed by atoms with E-state index in [1.54, 1.807) is 25.7 Å². The quantitative estimate of drug-likeness (QED) is 0.605. The normalized spacial score (nSPS) is 14.7. The third-order valence-corrected chi connectivity index (χ3v) is 3.26. The maximum Gasteiger partial charge on any atom is 0.223 e. The highest BCUT2D eigenvalue weighted by Gasteiger charge is 2.12. The lowest BCUT2D eigenvalue weighted by Gasteiger charge is -2.13. The summed E-state index contributed by atoms with van der Waals surface area (Å²) in [6.45, 7) is 5.69. The molecular weight excluding hydrogens is 210 g/mol. The number of aryl methyl sites for hydroxylation is 1. The van der Waals surface area contributed by atoms with Crippen LogP contribution in [0.3, 0.4) is 0 Å². The minimum atomic E-state index is -0.344. The first-order valence-electron chi connectivity index (χ1n) is 4.91. The van der Waals surface area contributed by atoms with E-state index < -0.39 is 0 Å². The van der Waals surface area contributed by atoms with Gasteiger partial charge in [-0.25, -0.2) is 9.97 Å². The zero-order valence-corrected chi connectivity index (χ0v) is 10.3. The number of nitrogens with one attached hydrogen (secondary N) is 1. The van der Waals surface area contributed by atoms with Gasteiger partial charge in [-0.15, -0.1) is 11.8 Å². The summed E-state index contributed by atoms with van der Waals surface area (Å²) in [6.07, 6.45) is -0.344. The predicted molar refractivity (Wildman–Crippen MR) is 63.3 cm³/mol. The van der Waals surface area contributed by atoms with Crippen molar-refractivity contribution < 1.29 is 5.11 Å². The average molecular weight is 227 g/mol. The van der Waals surface area contributed by atoms with E-state index in [-0.39, 0.29) is 11.4 Å². The second kappa shape index (κ2) is 5.32. The Kier molecular flexibility index (Phi) is 4.35. The second-order valence-corrected chi connectivity index (χ2v) is 4.88. The molecule has 84 valence electrons. The molecule has 2 N–H and O–H groups in total. The van der Waals surface area contributed by atoms with Crippen LogP contribution in [-0.2, 0) is 0 Å². The van der Waals surface area contributed by atoms with Gasteiger partial charge in [-0.1, -0.05) is 6.92 Å². The van der Waals surface area contributed by atoms with Crippen molar-refractivity contribution >= 4 is 17.7 Å². The Hall–Kier alpha value is -0.810. The molecule has 0 amide bonds. The molecule has 0 aliphatic rings. The number of aliphatic hydroxyl groups excluding tert-OH is 1. The van der Waals surface area contributed by atoms with Gasteiger partial charge in [0.25, 0.3) is 0 Å². The molecule has 1 rings (SSSR count). The highest BCUT2D eigenvalue weighted by atomic mass is 32.2.